The molecule has 4 aromatic carbocycles. The zero-order valence-electron chi connectivity index (χ0n) is 13.5. The van der Waals surface area contributed by atoms with Crippen molar-refractivity contribution in [2.45, 2.75) is 13.0 Å². The van der Waals surface area contributed by atoms with Crippen molar-refractivity contribution in [2.75, 3.05) is 0 Å². The lowest BCUT2D eigenvalue weighted by atomic mass is 10.0. The van der Waals surface area contributed by atoms with Gasteiger partial charge in [0.15, 0.2) is 0 Å². The van der Waals surface area contributed by atoms with E-state index in [1.165, 1.54) is 32.7 Å². The number of aliphatic imine (C=N–C) groups is 1. The van der Waals surface area contributed by atoms with E-state index in [1.54, 1.807) is 0 Å². The second kappa shape index (κ2) is 6.67. The molecule has 0 amide bonds. The lowest BCUT2D eigenvalue weighted by Crippen LogP contribution is -1.89. The van der Waals surface area contributed by atoms with Gasteiger partial charge in [-0.05, 0) is 38.7 Å². The molecule has 0 heterocycles. The van der Waals surface area contributed by atoms with Crippen LogP contribution in [0.3, 0.4) is 0 Å². The highest BCUT2D eigenvalue weighted by Gasteiger charge is 1.98. The molecule has 0 N–H and O–H groups in total. The number of benzene rings is 4. The molecule has 0 saturated heterocycles. The first-order chi connectivity index (χ1) is 11.9. The van der Waals surface area contributed by atoms with Crippen molar-refractivity contribution < 1.29 is 0 Å². The molecular formula is C23H19N. The summed E-state index contributed by atoms with van der Waals surface area (Å²) in [6.07, 6.45) is 2.91. The average Bonchev–Trinajstić information content (AvgIpc) is 2.65. The van der Waals surface area contributed by atoms with Gasteiger partial charge in [-0.15, -0.1) is 0 Å². The summed E-state index contributed by atoms with van der Waals surface area (Å²) in [5, 5.41) is 5.16. The highest BCUT2D eigenvalue weighted by molar-refractivity contribution is 5.87. The number of rotatable bonds is 4. The van der Waals surface area contributed by atoms with E-state index in [4.69, 9.17) is 0 Å². The molecule has 0 radical (unpaired) electrons. The minimum absolute atomic E-state index is 0.732. The molecule has 1 nitrogen and oxygen atoms in total. The highest BCUT2D eigenvalue weighted by Crippen LogP contribution is 2.19. The zero-order chi connectivity index (χ0) is 16.2. The van der Waals surface area contributed by atoms with E-state index in [0.29, 0.717) is 0 Å². The van der Waals surface area contributed by atoms with Gasteiger partial charge in [-0.25, -0.2) is 0 Å². The maximum Gasteiger partial charge on any atom is 0.0636 e. The predicted octanol–water partition coefficient (Wildman–Crippen LogP) is 5.81. The minimum Gasteiger partial charge on any atom is -0.292 e. The molecule has 0 aliphatic carbocycles. The van der Waals surface area contributed by atoms with E-state index in [2.05, 4.69) is 89.9 Å². The molecule has 0 saturated carbocycles. The summed E-state index contributed by atoms with van der Waals surface area (Å²) in [5.74, 6) is 0. The summed E-state index contributed by atoms with van der Waals surface area (Å²) in [7, 11) is 0. The monoisotopic (exact) mass is 309 g/mol. The van der Waals surface area contributed by atoms with Crippen LogP contribution in [0.5, 0.6) is 0 Å². The fourth-order valence-electron chi connectivity index (χ4n) is 3.14. The maximum absolute atomic E-state index is 4.63. The summed E-state index contributed by atoms with van der Waals surface area (Å²) < 4.78 is 0. The molecule has 0 aromatic heterocycles. The second-order valence-corrected chi connectivity index (χ2v) is 6.05. The third-order valence-corrected chi connectivity index (χ3v) is 4.41. The van der Waals surface area contributed by atoms with Gasteiger partial charge < -0.3 is 0 Å². The van der Waals surface area contributed by atoms with E-state index in [1.807, 2.05) is 6.21 Å². The number of hydrogen-bond donors (Lipinski definition) is 0. The Bertz CT molecular complexity index is 1010. The molecule has 4 aromatic rings. The van der Waals surface area contributed by atoms with Crippen molar-refractivity contribution in [2.24, 2.45) is 4.99 Å². The Morgan fingerprint density at radius 3 is 2.33 bits per heavy atom. The molecule has 1 heteroatoms. The van der Waals surface area contributed by atoms with Crippen LogP contribution >= 0.6 is 0 Å². The Morgan fingerprint density at radius 1 is 0.667 bits per heavy atom. The highest BCUT2D eigenvalue weighted by atomic mass is 14.7. The van der Waals surface area contributed by atoms with E-state index >= 15 is 0 Å². The van der Waals surface area contributed by atoms with E-state index < -0.39 is 0 Å². The van der Waals surface area contributed by atoms with Crippen molar-refractivity contribution in [3.05, 3.63) is 96.1 Å². The van der Waals surface area contributed by atoms with Gasteiger partial charge in [-0.1, -0.05) is 78.9 Å². The fraction of sp³-hybridized carbons (Fsp3) is 0.0870. The van der Waals surface area contributed by atoms with Crippen LogP contribution in [0.2, 0.25) is 0 Å². The predicted molar refractivity (Wildman–Crippen MR) is 104 cm³/mol. The van der Waals surface area contributed by atoms with Gasteiger partial charge in [0.1, 0.15) is 0 Å². The number of nitrogens with zero attached hydrogens (tertiary/aromatic N) is 1. The zero-order valence-corrected chi connectivity index (χ0v) is 13.5. The van der Waals surface area contributed by atoms with Crippen LogP contribution in [0, 0.1) is 0 Å². The van der Waals surface area contributed by atoms with Gasteiger partial charge in [-0.3, -0.25) is 4.99 Å². The third kappa shape index (κ3) is 3.07. The quantitative estimate of drug-likeness (QED) is 0.422. The summed E-state index contributed by atoms with van der Waals surface area (Å²) in [4.78, 5) is 4.63. The van der Waals surface area contributed by atoms with Gasteiger partial charge in [0, 0.05) is 12.6 Å². The van der Waals surface area contributed by atoms with Crippen molar-refractivity contribution in [1.29, 1.82) is 0 Å². The first kappa shape index (κ1) is 14.6. The van der Waals surface area contributed by atoms with Crippen molar-refractivity contribution in [3.8, 4) is 0 Å². The van der Waals surface area contributed by atoms with Crippen LogP contribution in [0.1, 0.15) is 11.1 Å². The molecule has 0 unspecified atom stereocenters. The lowest BCUT2D eigenvalue weighted by molar-refractivity contribution is 1.07. The molecule has 24 heavy (non-hydrogen) atoms. The first-order valence-electron chi connectivity index (χ1n) is 8.33. The normalized spacial score (nSPS) is 11.5. The summed E-state index contributed by atoms with van der Waals surface area (Å²) in [6.45, 7) is 0.732. The van der Waals surface area contributed by atoms with Crippen LogP contribution in [0.4, 0.5) is 0 Å². The van der Waals surface area contributed by atoms with Crippen LogP contribution < -0.4 is 0 Å². The van der Waals surface area contributed by atoms with Crippen LogP contribution in [-0.2, 0) is 13.0 Å². The molecule has 4 rings (SSSR count). The van der Waals surface area contributed by atoms with Crippen LogP contribution in [-0.4, -0.2) is 6.21 Å². The van der Waals surface area contributed by atoms with E-state index in [0.717, 1.165) is 13.0 Å². The molecule has 0 spiro atoms. The molecule has 116 valence electrons. The molecular weight excluding hydrogens is 290 g/mol. The van der Waals surface area contributed by atoms with Gasteiger partial charge in [0.2, 0.25) is 0 Å². The molecule has 0 atom stereocenters. The molecule has 0 bridgehead atoms. The Balaban J connectivity index is 1.48. The van der Waals surface area contributed by atoms with E-state index in [-0.39, 0.29) is 0 Å². The Labute approximate surface area is 142 Å². The van der Waals surface area contributed by atoms with Gasteiger partial charge in [0.05, 0.1) is 6.54 Å². The average molecular weight is 309 g/mol. The third-order valence-electron chi connectivity index (χ3n) is 4.41. The molecule has 0 aliphatic rings. The summed E-state index contributed by atoms with van der Waals surface area (Å²) in [6, 6.07) is 30.0. The van der Waals surface area contributed by atoms with Gasteiger partial charge >= 0.3 is 0 Å². The first-order valence-corrected chi connectivity index (χ1v) is 8.33. The SMILES string of the molecule is C(Cc1cccc2ccccc12)=NCc1ccc2ccccc2c1. The van der Waals surface area contributed by atoms with Crippen molar-refractivity contribution in [1.82, 2.24) is 0 Å². The smallest absolute Gasteiger partial charge is 0.0636 e. The fourth-order valence-corrected chi connectivity index (χ4v) is 3.14. The second-order valence-electron chi connectivity index (χ2n) is 6.05. The number of hydrogen-bond acceptors (Lipinski definition) is 1. The molecule has 0 fully saturated rings. The van der Waals surface area contributed by atoms with Crippen LogP contribution in [0.25, 0.3) is 21.5 Å². The number of fused-ring (bicyclic) bond motifs is 2. The molecule has 0 aliphatic heterocycles. The van der Waals surface area contributed by atoms with Gasteiger partial charge in [-0.2, -0.15) is 0 Å². The largest absolute Gasteiger partial charge is 0.292 e. The van der Waals surface area contributed by atoms with Gasteiger partial charge in [0.25, 0.3) is 0 Å². The van der Waals surface area contributed by atoms with Crippen LogP contribution in [0.15, 0.2) is 89.9 Å². The van der Waals surface area contributed by atoms with E-state index in [9.17, 15) is 0 Å². The Kier molecular flexibility index (Phi) is 4.07. The van der Waals surface area contributed by atoms with Crippen molar-refractivity contribution in [3.63, 3.8) is 0 Å². The summed E-state index contributed by atoms with van der Waals surface area (Å²) >= 11 is 0. The Hall–Kier alpha value is -2.93. The topological polar surface area (TPSA) is 12.4 Å². The summed E-state index contributed by atoms with van der Waals surface area (Å²) in [5.41, 5.74) is 2.58. The Morgan fingerprint density at radius 2 is 1.42 bits per heavy atom. The standard InChI is InChI=1S/C23H19N/c1-2-8-22-16-18(12-13-19(22)6-1)17-24-15-14-21-10-5-9-20-7-3-4-11-23(20)21/h1-13,15-16H,14,17H2. The lowest BCUT2D eigenvalue weighted by Gasteiger charge is -2.04. The minimum atomic E-state index is 0.732. The van der Waals surface area contributed by atoms with Crippen molar-refractivity contribution >= 4 is 27.8 Å². The maximum atomic E-state index is 4.63.